The number of aliphatic hydroxyl groups is 1. The molecule has 0 aromatic heterocycles. The summed E-state index contributed by atoms with van der Waals surface area (Å²) in [4.78, 5) is -3.75. The molecule has 1 unspecified atom stereocenters. The minimum absolute atomic E-state index is 0.0960. The lowest BCUT2D eigenvalue weighted by Gasteiger charge is -2.22. The van der Waals surface area contributed by atoms with Gasteiger partial charge in [0, 0.05) is 13.0 Å². The van der Waals surface area contributed by atoms with Gasteiger partial charge in [-0.1, -0.05) is 11.6 Å². The standard InChI is InChI=1S/C5H7BrClF3O/c6-5(9,10)4(7,8)2-1-3-11/h11H,1-3H2. The molecule has 0 heterocycles. The quantitative estimate of drug-likeness (QED) is 0.766. The summed E-state index contributed by atoms with van der Waals surface area (Å²) in [5.41, 5.74) is 0. The summed E-state index contributed by atoms with van der Waals surface area (Å²) >= 11 is 6.62. The molecule has 0 aromatic carbocycles. The van der Waals surface area contributed by atoms with Crippen LogP contribution in [0.5, 0.6) is 0 Å². The Morgan fingerprint density at radius 3 is 2.09 bits per heavy atom. The first-order valence-corrected chi connectivity index (χ1v) is 4.04. The fourth-order valence-electron chi connectivity index (χ4n) is 0.443. The number of aliphatic hydroxyl groups excluding tert-OH is 1. The van der Waals surface area contributed by atoms with Gasteiger partial charge in [-0.3, -0.25) is 0 Å². The van der Waals surface area contributed by atoms with Gasteiger partial charge in [0.25, 0.3) is 5.13 Å². The number of alkyl halides is 5. The van der Waals surface area contributed by atoms with E-state index in [4.69, 9.17) is 16.7 Å². The summed E-state index contributed by atoms with van der Waals surface area (Å²) in [7, 11) is 0. The van der Waals surface area contributed by atoms with Crippen LogP contribution in [-0.4, -0.2) is 21.7 Å². The fourth-order valence-corrected chi connectivity index (χ4v) is 0.775. The lowest BCUT2D eigenvalue weighted by molar-refractivity contribution is -0.0123. The molecule has 0 aromatic rings. The monoisotopic (exact) mass is 254 g/mol. The Morgan fingerprint density at radius 1 is 1.36 bits per heavy atom. The van der Waals surface area contributed by atoms with Crippen LogP contribution in [0.15, 0.2) is 0 Å². The normalized spacial score (nSPS) is 18.0. The van der Waals surface area contributed by atoms with Crippen molar-refractivity contribution in [2.45, 2.75) is 22.8 Å². The van der Waals surface area contributed by atoms with E-state index in [1.54, 1.807) is 0 Å². The van der Waals surface area contributed by atoms with Gasteiger partial charge in [0.2, 0.25) is 0 Å². The molecule has 0 bridgehead atoms. The molecule has 1 nitrogen and oxygen atoms in total. The summed E-state index contributed by atoms with van der Waals surface area (Å²) in [6.07, 6.45) is -0.690. The molecule has 1 atom stereocenters. The van der Waals surface area contributed by atoms with Gasteiger partial charge in [0.05, 0.1) is 0 Å². The van der Waals surface area contributed by atoms with Gasteiger partial charge < -0.3 is 5.11 Å². The van der Waals surface area contributed by atoms with Crippen LogP contribution < -0.4 is 0 Å². The van der Waals surface area contributed by atoms with Crippen molar-refractivity contribution < 1.29 is 18.3 Å². The van der Waals surface area contributed by atoms with Crippen molar-refractivity contribution >= 4 is 27.5 Å². The summed E-state index contributed by atoms with van der Waals surface area (Å²) in [6.45, 7) is -0.360. The molecule has 0 aliphatic carbocycles. The van der Waals surface area contributed by atoms with Crippen LogP contribution in [0.4, 0.5) is 13.2 Å². The molecule has 1 N–H and O–H groups in total. The molecule has 0 aliphatic rings. The average Bonchev–Trinajstić information content (AvgIpc) is 1.81. The van der Waals surface area contributed by atoms with Gasteiger partial charge >= 0.3 is 4.83 Å². The Bertz CT molecular complexity index is 125. The second-order valence-corrected chi connectivity index (χ2v) is 3.62. The van der Waals surface area contributed by atoms with Crippen molar-refractivity contribution in [2.75, 3.05) is 6.61 Å². The van der Waals surface area contributed by atoms with Gasteiger partial charge in [0.15, 0.2) is 0 Å². The first kappa shape index (κ1) is 11.5. The van der Waals surface area contributed by atoms with Gasteiger partial charge in [-0.15, -0.1) is 0 Å². The van der Waals surface area contributed by atoms with Crippen LogP contribution in [0.3, 0.4) is 0 Å². The fraction of sp³-hybridized carbons (Fsp3) is 1.00. The van der Waals surface area contributed by atoms with E-state index in [2.05, 4.69) is 0 Å². The highest BCUT2D eigenvalue weighted by molar-refractivity contribution is 9.10. The third kappa shape index (κ3) is 3.62. The van der Waals surface area contributed by atoms with Crippen LogP contribution in [0.2, 0.25) is 0 Å². The van der Waals surface area contributed by atoms with Gasteiger partial charge in [-0.25, -0.2) is 4.39 Å². The third-order valence-corrected chi connectivity index (χ3v) is 2.35. The molecule has 0 saturated carbocycles. The number of hydrogen-bond donors (Lipinski definition) is 1. The van der Waals surface area contributed by atoms with E-state index in [9.17, 15) is 13.2 Å². The van der Waals surface area contributed by atoms with Crippen LogP contribution in [0.1, 0.15) is 12.8 Å². The van der Waals surface area contributed by atoms with Crippen molar-refractivity contribution in [3.8, 4) is 0 Å². The zero-order valence-corrected chi connectivity index (χ0v) is 7.80. The molecule has 0 saturated heterocycles. The van der Waals surface area contributed by atoms with Crippen molar-refractivity contribution in [3.05, 3.63) is 0 Å². The molecule has 0 radical (unpaired) electrons. The molecular formula is C5H7BrClF3O. The van der Waals surface area contributed by atoms with Gasteiger partial charge in [-0.2, -0.15) is 8.78 Å². The van der Waals surface area contributed by atoms with Gasteiger partial charge in [-0.05, 0) is 22.4 Å². The van der Waals surface area contributed by atoms with E-state index in [-0.39, 0.29) is 13.0 Å². The van der Waals surface area contributed by atoms with Crippen molar-refractivity contribution in [3.63, 3.8) is 0 Å². The Morgan fingerprint density at radius 2 is 1.82 bits per heavy atom. The number of halogens is 5. The van der Waals surface area contributed by atoms with Crippen LogP contribution in [0, 0.1) is 0 Å². The highest BCUT2D eigenvalue weighted by atomic mass is 79.9. The van der Waals surface area contributed by atoms with E-state index in [1.807, 2.05) is 15.9 Å². The van der Waals surface area contributed by atoms with Crippen LogP contribution >= 0.6 is 27.5 Å². The largest absolute Gasteiger partial charge is 0.396 e. The van der Waals surface area contributed by atoms with E-state index in [0.29, 0.717) is 0 Å². The predicted molar refractivity (Wildman–Crippen MR) is 39.9 cm³/mol. The maximum atomic E-state index is 12.6. The van der Waals surface area contributed by atoms with Crippen LogP contribution in [0.25, 0.3) is 0 Å². The Labute approximate surface area is 75.7 Å². The topological polar surface area (TPSA) is 20.2 Å². The van der Waals surface area contributed by atoms with E-state index in [0.717, 1.165) is 0 Å². The first-order valence-electron chi connectivity index (χ1n) is 2.86. The molecule has 0 amide bonds. The second-order valence-electron chi connectivity index (χ2n) is 2.03. The molecule has 0 spiro atoms. The SMILES string of the molecule is OCCCC(F)(Cl)C(F)(F)Br. The Balaban J connectivity index is 4.00. The molecule has 11 heavy (non-hydrogen) atoms. The van der Waals surface area contributed by atoms with Gasteiger partial charge in [0.1, 0.15) is 0 Å². The summed E-state index contributed by atoms with van der Waals surface area (Å²) in [6, 6.07) is 0. The third-order valence-electron chi connectivity index (χ3n) is 1.06. The molecular weight excluding hydrogens is 248 g/mol. The Kier molecular flexibility index (Phi) is 4.15. The molecule has 68 valence electrons. The minimum Gasteiger partial charge on any atom is -0.396 e. The zero-order valence-electron chi connectivity index (χ0n) is 5.46. The number of hydrogen-bond acceptors (Lipinski definition) is 1. The van der Waals surface area contributed by atoms with Crippen molar-refractivity contribution in [2.24, 2.45) is 0 Å². The summed E-state index contributed by atoms with van der Waals surface area (Å²) in [5, 5.41) is 5.09. The van der Waals surface area contributed by atoms with E-state index < -0.39 is 16.4 Å². The lowest BCUT2D eigenvalue weighted by Crippen LogP contribution is -2.33. The minimum atomic E-state index is -3.75. The Hall–Kier alpha value is 0.520. The number of rotatable bonds is 4. The summed E-state index contributed by atoms with van der Waals surface area (Å²) < 4.78 is 36.9. The van der Waals surface area contributed by atoms with Crippen molar-refractivity contribution in [1.29, 1.82) is 0 Å². The average molecular weight is 255 g/mol. The molecule has 0 rings (SSSR count). The van der Waals surface area contributed by atoms with E-state index >= 15 is 0 Å². The van der Waals surface area contributed by atoms with Crippen LogP contribution in [-0.2, 0) is 0 Å². The molecule has 6 heteroatoms. The lowest BCUT2D eigenvalue weighted by atomic mass is 10.2. The predicted octanol–water partition coefficient (Wildman–Crippen LogP) is 2.65. The molecule has 0 fully saturated rings. The molecule has 0 aliphatic heterocycles. The van der Waals surface area contributed by atoms with Crippen molar-refractivity contribution in [1.82, 2.24) is 0 Å². The highest BCUT2D eigenvalue weighted by Crippen LogP contribution is 2.44. The second kappa shape index (κ2) is 3.96. The zero-order chi connectivity index (χ0) is 9.12. The van der Waals surface area contributed by atoms with E-state index in [1.165, 1.54) is 0 Å². The maximum absolute atomic E-state index is 12.6. The highest BCUT2D eigenvalue weighted by Gasteiger charge is 2.50. The maximum Gasteiger partial charge on any atom is 0.348 e. The smallest absolute Gasteiger partial charge is 0.348 e. The summed E-state index contributed by atoms with van der Waals surface area (Å²) in [5.74, 6) is 0. The first-order chi connectivity index (χ1) is 4.81.